The molecule has 0 aliphatic carbocycles. The van der Waals surface area contributed by atoms with Crippen LogP contribution in [0, 0.1) is 0 Å². The Kier molecular flexibility index (Phi) is 4.96. The summed E-state index contributed by atoms with van der Waals surface area (Å²) in [4.78, 5) is 5.27. The summed E-state index contributed by atoms with van der Waals surface area (Å²) in [6.07, 6.45) is 0. The maximum absolute atomic E-state index is 5.27. The van der Waals surface area contributed by atoms with Crippen LogP contribution in [0.4, 0.5) is 0 Å². The summed E-state index contributed by atoms with van der Waals surface area (Å²) in [5.74, 6) is 0.882. The first-order chi connectivity index (χ1) is 22.4. The van der Waals surface area contributed by atoms with Gasteiger partial charge in [-0.05, 0) is 60.0 Å². The fourth-order valence-corrected chi connectivity index (χ4v) is 7.39. The molecule has 0 radical (unpaired) electrons. The van der Waals surface area contributed by atoms with Gasteiger partial charge in [0.05, 0.1) is 33.1 Å². The van der Waals surface area contributed by atoms with Crippen molar-refractivity contribution in [2.45, 2.75) is 0 Å². The van der Waals surface area contributed by atoms with E-state index in [9.17, 15) is 0 Å². The number of para-hydroxylation sites is 6. The molecule has 0 bridgehead atoms. The van der Waals surface area contributed by atoms with E-state index in [2.05, 4.69) is 171 Å². The lowest BCUT2D eigenvalue weighted by Crippen LogP contribution is -2.05. The Labute approximate surface area is 258 Å². The highest BCUT2D eigenvalue weighted by atomic mass is 15.2. The van der Waals surface area contributed by atoms with Gasteiger partial charge in [0.15, 0.2) is 0 Å². The molecule has 0 unspecified atom stereocenters. The normalized spacial score (nSPS) is 12.0. The molecule has 210 valence electrons. The van der Waals surface area contributed by atoms with Crippen LogP contribution < -0.4 is 0 Å². The number of nitrogens with zero attached hydrogens (tertiary/aromatic N) is 4. The molecule has 0 spiro atoms. The summed E-state index contributed by atoms with van der Waals surface area (Å²) < 4.78 is 7.04. The van der Waals surface area contributed by atoms with Crippen LogP contribution >= 0.6 is 0 Å². The van der Waals surface area contributed by atoms with Crippen LogP contribution in [0.1, 0.15) is 0 Å². The van der Waals surface area contributed by atoms with Gasteiger partial charge in [0.2, 0.25) is 5.95 Å². The molecule has 0 saturated carbocycles. The van der Waals surface area contributed by atoms with Crippen LogP contribution in [-0.4, -0.2) is 18.7 Å². The molecule has 10 aromatic rings. The topological polar surface area (TPSA) is 27.7 Å². The van der Waals surface area contributed by atoms with E-state index >= 15 is 0 Å². The Morgan fingerprint density at radius 2 is 0.867 bits per heavy atom. The van der Waals surface area contributed by atoms with E-state index in [0.29, 0.717) is 0 Å². The smallest absolute Gasteiger partial charge is 0.220 e. The van der Waals surface area contributed by atoms with Crippen LogP contribution in [-0.2, 0) is 0 Å². The molecule has 0 aliphatic rings. The second-order valence-electron chi connectivity index (χ2n) is 11.6. The molecule has 0 atom stereocenters. The highest BCUT2D eigenvalue weighted by Gasteiger charge is 2.22. The second-order valence-corrected chi connectivity index (χ2v) is 11.6. The number of benzene rings is 7. The van der Waals surface area contributed by atoms with Crippen molar-refractivity contribution in [3.05, 3.63) is 158 Å². The monoisotopic (exact) mass is 574 g/mol. The van der Waals surface area contributed by atoms with Gasteiger partial charge in [0.1, 0.15) is 0 Å². The minimum absolute atomic E-state index is 0.882. The van der Waals surface area contributed by atoms with Crippen LogP contribution in [0.15, 0.2) is 158 Å². The number of aromatic nitrogens is 4. The van der Waals surface area contributed by atoms with Gasteiger partial charge in [0, 0.05) is 38.3 Å². The minimum Gasteiger partial charge on any atom is -0.309 e. The van der Waals surface area contributed by atoms with Gasteiger partial charge in [0.25, 0.3) is 0 Å². The van der Waals surface area contributed by atoms with E-state index in [1.54, 1.807) is 0 Å². The Bertz CT molecular complexity index is 2750. The summed E-state index contributed by atoms with van der Waals surface area (Å²) in [6, 6.07) is 56.3. The first-order valence-electron chi connectivity index (χ1n) is 15.3. The van der Waals surface area contributed by atoms with Gasteiger partial charge >= 0.3 is 0 Å². The lowest BCUT2D eigenvalue weighted by molar-refractivity contribution is 0.956. The molecule has 3 aromatic heterocycles. The number of imidazole rings is 1. The van der Waals surface area contributed by atoms with Gasteiger partial charge < -0.3 is 4.57 Å². The van der Waals surface area contributed by atoms with Crippen molar-refractivity contribution in [3.63, 3.8) is 0 Å². The standard InChI is InChI=1S/C41H26N4/c1-3-13-27(14-4-1)43-35-20-10-7-17-29(35)31-24-23-30-32(40(31)43)25-26-38-39(30)33-18-8-11-21-36(33)45(38)41-42-34-19-9-12-22-37(34)44(41)28-15-5-2-6-16-28/h1-26H. The summed E-state index contributed by atoms with van der Waals surface area (Å²) in [5, 5.41) is 7.44. The van der Waals surface area contributed by atoms with Crippen molar-refractivity contribution in [2.24, 2.45) is 0 Å². The quantitative estimate of drug-likeness (QED) is 0.206. The lowest BCUT2D eigenvalue weighted by atomic mass is 10.0. The Hall–Kier alpha value is -6.13. The highest BCUT2D eigenvalue weighted by molar-refractivity contribution is 6.27. The van der Waals surface area contributed by atoms with Crippen molar-refractivity contribution in [1.82, 2.24) is 18.7 Å². The molecule has 4 nitrogen and oxygen atoms in total. The lowest BCUT2D eigenvalue weighted by Gasteiger charge is -2.13. The van der Waals surface area contributed by atoms with E-state index < -0.39 is 0 Å². The van der Waals surface area contributed by atoms with Crippen molar-refractivity contribution >= 4 is 65.4 Å². The zero-order valence-corrected chi connectivity index (χ0v) is 24.3. The van der Waals surface area contributed by atoms with Crippen molar-refractivity contribution in [2.75, 3.05) is 0 Å². The summed E-state index contributed by atoms with van der Waals surface area (Å²) in [5.41, 5.74) is 9.02. The van der Waals surface area contributed by atoms with Crippen LogP contribution in [0.25, 0.3) is 82.7 Å². The van der Waals surface area contributed by atoms with Gasteiger partial charge in [-0.1, -0.05) is 103 Å². The Morgan fingerprint density at radius 3 is 1.62 bits per heavy atom. The van der Waals surface area contributed by atoms with Crippen molar-refractivity contribution in [1.29, 1.82) is 0 Å². The molecule has 4 heteroatoms. The van der Waals surface area contributed by atoms with E-state index in [-0.39, 0.29) is 0 Å². The molecule has 0 amide bonds. The molecule has 0 fully saturated rings. The zero-order valence-electron chi connectivity index (χ0n) is 24.3. The van der Waals surface area contributed by atoms with Gasteiger partial charge in [-0.2, -0.15) is 0 Å². The van der Waals surface area contributed by atoms with E-state index in [1.807, 2.05) is 0 Å². The largest absolute Gasteiger partial charge is 0.309 e. The van der Waals surface area contributed by atoms with Gasteiger partial charge in [-0.15, -0.1) is 0 Å². The number of hydrogen-bond donors (Lipinski definition) is 0. The minimum atomic E-state index is 0.882. The third kappa shape index (κ3) is 3.34. The molecular formula is C41H26N4. The predicted molar refractivity (Wildman–Crippen MR) is 187 cm³/mol. The number of rotatable bonds is 3. The highest BCUT2D eigenvalue weighted by Crippen LogP contribution is 2.42. The third-order valence-corrected chi connectivity index (χ3v) is 9.24. The molecule has 7 aromatic carbocycles. The average molecular weight is 575 g/mol. The van der Waals surface area contributed by atoms with Crippen LogP contribution in [0.3, 0.4) is 0 Å². The van der Waals surface area contributed by atoms with Gasteiger partial charge in [-0.3, -0.25) is 9.13 Å². The molecular weight excluding hydrogens is 548 g/mol. The average Bonchev–Trinajstić information content (AvgIpc) is 3.76. The van der Waals surface area contributed by atoms with Crippen molar-refractivity contribution in [3.8, 4) is 17.3 Å². The third-order valence-electron chi connectivity index (χ3n) is 9.24. The summed E-state index contributed by atoms with van der Waals surface area (Å²) in [7, 11) is 0. The molecule has 0 aliphatic heterocycles. The first-order valence-corrected chi connectivity index (χ1v) is 15.3. The number of fused-ring (bicyclic) bond motifs is 10. The van der Waals surface area contributed by atoms with Crippen molar-refractivity contribution < 1.29 is 0 Å². The zero-order chi connectivity index (χ0) is 29.5. The molecule has 3 heterocycles. The number of hydrogen-bond acceptors (Lipinski definition) is 1. The predicted octanol–water partition coefficient (Wildman–Crippen LogP) is 10.4. The summed E-state index contributed by atoms with van der Waals surface area (Å²) >= 11 is 0. The SMILES string of the molecule is c1ccc(-n2c(-n3c4ccccc4c4c5ccc6c7ccccc7n(-c7ccccc7)c6c5ccc43)nc3ccccc32)cc1. The second kappa shape index (κ2) is 9.18. The maximum atomic E-state index is 5.27. The van der Waals surface area contributed by atoms with E-state index in [1.165, 1.54) is 43.4 Å². The van der Waals surface area contributed by atoms with Crippen LogP contribution in [0.2, 0.25) is 0 Å². The molecule has 10 rings (SSSR count). The first kappa shape index (κ1) is 24.3. The fraction of sp³-hybridized carbons (Fsp3) is 0. The fourth-order valence-electron chi connectivity index (χ4n) is 7.39. The Balaban J connectivity index is 1.37. The summed E-state index contributed by atoms with van der Waals surface area (Å²) in [6.45, 7) is 0. The van der Waals surface area contributed by atoms with Gasteiger partial charge in [-0.25, -0.2) is 4.98 Å². The molecule has 0 N–H and O–H groups in total. The maximum Gasteiger partial charge on any atom is 0.220 e. The van der Waals surface area contributed by atoms with Crippen LogP contribution in [0.5, 0.6) is 0 Å². The molecule has 0 saturated heterocycles. The molecule has 45 heavy (non-hydrogen) atoms. The Morgan fingerprint density at radius 1 is 0.333 bits per heavy atom. The van der Waals surface area contributed by atoms with E-state index in [0.717, 1.165) is 39.4 Å². The van der Waals surface area contributed by atoms with E-state index in [4.69, 9.17) is 4.98 Å².